The van der Waals surface area contributed by atoms with Crippen molar-refractivity contribution in [3.63, 3.8) is 0 Å². The SMILES string of the molecule is Cc1ccc(CNC(=O)CN2CCN(c3ccc(F)c(F)c3)C2=O)cc1. The maximum Gasteiger partial charge on any atom is 0.325 e. The summed E-state index contributed by atoms with van der Waals surface area (Å²) in [7, 11) is 0. The van der Waals surface area contributed by atoms with E-state index < -0.39 is 17.7 Å². The fourth-order valence-electron chi connectivity index (χ4n) is 2.76. The third-order valence-corrected chi connectivity index (χ3v) is 4.25. The van der Waals surface area contributed by atoms with Gasteiger partial charge in [-0.25, -0.2) is 13.6 Å². The van der Waals surface area contributed by atoms with Gasteiger partial charge in [0, 0.05) is 31.4 Å². The Morgan fingerprint density at radius 1 is 1.08 bits per heavy atom. The third kappa shape index (κ3) is 3.99. The molecule has 1 aliphatic heterocycles. The second kappa shape index (κ2) is 7.51. The normalized spacial score (nSPS) is 14.0. The van der Waals surface area contributed by atoms with Crippen LogP contribution in [0, 0.1) is 18.6 Å². The van der Waals surface area contributed by atoms with E-state index in [0.717, 1.165) is 23.3 Å². The monoisotopic (exact) mass is 359 g/mol. The quantitative estimate of drug-likeness (QED) is 0.893. The van der Waals surface area contributed by atoms with Crippen LogP contribution in [0.2, 0.25) is 0 Å². The van der Waals surface area contributed by atoms with Crippen LogP contribution >= 0.6 is 0 Å². The van der Waals surface area contributed by atoms with Crippen molar-refractivity contribution in [3.05, 3.63) is 65.2 Å². The number of amides is 3. The van der Waals surface area contributed by atoms with E-state index in [9.17, 15) is 18.4 Å². The van der Waals surface area contributed by atoms with Crippen LogP contribution in [-0.2, 0) is 11.3 Å². The van der Waals surface area contributed by atoms with Crippen molar-refractivity contribution >= 4 is 17.6 Å². The van der Waals surface area contributed by atoms with Crippen LogP contribution in [0.4, 0.5) is 19.3 Å². The molecule has 0 saturated carbocycles. The van der Waals surface area contributed by atoms with E-state index in [2.05, 4.69) is 5.32 Å². The molecule has 0 spiro atoms. The predicted octanol–water partition coefficient (Wildman–Crippen LogP) is 2.83. The molecule has 2 aromatic carbocycles. The molecule has 0 atom stereocenters. The zero-order valence-corrected chi connectivity index (χ0v) is 14.3. The maximum absolute atomic E-state index is 13.4. The molecule has 3 amide bonds. The van der Waals surface area contributed by atoms with Crippen molar-refractivity contribution in [1.82, 2.24) is 10.2 Å². The van der Waals surface area contributed by atoms with Gasteiger partial charge in [0.25, 0.3) is 0 Å². The van der Waals surface area contributed by atoms with E-state index in [1.54, 1.807) is 0 Å². The molecule has 0 radical (unpaired) electrons. The minimum Gasteiger partial charge on any atom is -0.350 e. The molecule has 0 unspecified atom stereocenters. The second-order valence-electron chi connectivity index (χ2n) is 6.22. The fraction of sp³-hybridized carbons (Fsp3) is 0.263. The molecular weight excluding hydrogens is 340 g/mol. The largest absolute Gasteiger partial charge is 0.350 e. The summed E-state index contributed by atoms with van der Waals surface area (Å²) in [6.45, 7) is 2.95. The van der Waals surface area contributed by atoms with Crippen LogP contribution in [-0.4, -0.2) is 36.5 Å². The highest BCUT2D eigenvalue weighted by Crippen LogP contribution is 2.22. The number of nitrogens with zero attached hydrogens (tertiary/aromatic N) is 2. The van der Waals surface area contributed by atoms with Gasteiger partial charge in [0.1, 0.15) is 6.54 Å². The average Bonchev–Trinajstić information content (AvgIpc) is 2.97. The molecular formula is C19H19F2N3O2. The Balaban J connectivity index is 1.55. The molecule has 0 aliphatic carbocycles. The Bertz CT molecular complexity index is 824. The first kappa shape index (κ1) is 17.8. The van der Waals surface area contributed by atoms with Gasteiger partial charge in [-0.2, -0.15) is 0 Å². The van der Waals surface area contributed by atoms with Crippen molar-refractivity contribution in [2.75, 3.05) is 24.5 Å². The Labute approximate surface area is 150 Å². The minimum atomic E-state index is -1.01. The van der Waals surface area contributed by atoms with E-state index in [4.69, 9.17) is 0 Å². The summed E-state index contributed by atoms with van der Waals surface area (Å²) >= 11 is 0. The van der Waals surface area contributed by atoms with Crippen LogP contribution in [0.25, 0.3) is 0 Å². The zero-order valence-electron chi connectivity index (χ0n) is 14.3. The lowest BCUT2D eigenvalue weighted by molar-refractivity contribution is -0.121. The van der Waals surface area contributed by atoms with Gasteiger partial charge in [-0.3, -0.25) is 9.69 Å². The van der Waals surface area contributed by atoms with Gasteiger partial charge in [-0.05, 0) is 24.6 Å². The summed E-state index contributed by atoms with van der Waals surface area (Å²) in [5, 5.41) is 2.78. The third-order valence-electron chi connectivity index (χ3n) is 4.25. The number of nitrogens with one attached hydrogen (secondary N) is 1. The van der Waals surface area contributed by atoms with Gasteiger partial charge >= 0.3 is 6.03 Å². The number of hydrogen-bond donors (Lipinski definition) is 1. The van der Waals surface area contributed by atoms with Crippen molar-refractivity contribution in [3.8, 4) is 0 Å². The number of carbonyl (C=O) groups excluding carboxylic acids is 2. The lowest BCUT2D eigenvalue weighted by Crippen LogP contribution is -2.39. The average molecular weight is 359 g/mol. The summed E-state index contributed by atoms with van der Waals surface area (Å²) in [6, 6.07) is 10.7. The Hall–Kier alpha value is -2.96. The van der Waals surface area contributed by atoms with Crippen LogP contribution in [0.15, 0.2) is 42.5 Å². The predicted molar refractivity (Wildman–Crippen MR) is 93.7 cm³/mol. The van der Waals surface area contributed by atoms with Gasteiger partial charge in [0.2, 0.25) is 5.91 Å². The standard InChI is InChI=1S/C19H19F2N3O2/c1-13-2-4-14(5-3-13)11-22-18(25)12-23-8-9-24(19(23)26)15-6-7-16(20)17(21)10-15/h2-7,10H,8-9,11-12H2,1H3,(H,22,25). The number of anilines is 1. The Kier molecular flexibility index (Phi) is 5.16. The fourth-order valence-corrected chi connectivity index (χ4v) is 2.76. The molecule has 1 saturated heterocycles. The van der Waals surface area contributed by atoms with Gasteiger partial charge in [0.05, 0.1) is 0 Å². The number of benzene rings is 2. The molecule has 136 valence electrons. The summed E-state index contributed by atoms with van der Waals surface area (Å²) in [5.74, 6) is -2.25. The van der Waals surface area contributed by atoms with Crippen LogP contribution < -0.4 is 10.2 Å². The van der Waals surface area contributed by atoms with E-state index >= 15 is 0 Å². The van der Waals surface area contributed by atoms with Crippen LogP contribution in [0.1, 0.15) is 11.1 Å². The molecule has 0 aromatic heterocycles. The van der Waals surface area contributed by atoms with Crippen LogP contribution in [0.5, 0.6) is 0 Å². The number of carbonyl (C=O) groups is 2. The lowest BCUT2D eigenvalue weighted by Gasteiger charge is -2.18. The number of aryl methyl sites for hydroxylation is 1. The smallest absolute Gasteiger partial charge is 0.325 e. The molecule has 1 N–H and O–H groups in total. The number of urea groups is 1. The first-order valence-electron chi connectivity index (χ1n) is 8.28. The van der Waals surface area contributed by atoms with Crippen molar-refractivity contribution in [2.45, 2.75) is 13.5 Å². The molecule has 2 aromatic rings. The Morgan fingerprint density at radius 3 is 2.50 bits per heavy atom. The molecule has 1 heterocycles. The van der Waals surface area contributed by atoms with Gasteiger partial charge < -0.3 is 10.2 Å². The second-order valence-corrected chi connectivity index (χ2v) is 6.22. The van der Waals surface area contributed by atoms with Crippen LogP contribution in [0.3, 0.4) is 0 Å². The number of rotatable bonds is 5. The first-order chi connectivity index (χ1) is 12.4. The van der Waals surface area contributed by atoms with Gasteiger partial charge in [-0.15, -0.1) is 0 Å². The maximum atomic E-state index is 13.4. The first-order valence-corrected chi connectivity index (χ1v) is 8.28. The van der Waals surface area contributed by atoms with E-state index in [1.165, 1.54) is 15.9 Å². The highest BCUT2D eigenvalue weighted by atomic mass is 19.2. The van der Waals surface area contributed by atoms with E-state index in [-0.39, 0.29) is 18.1 Å². The topological polar surface area (TPSA) is 52.7 Å². The summed E-state index contributed by atoms with van der Waals surface area (Å²) in [4.78, 5) is 27.2. The van der Waals surface area contributed by atoms with E-state index in [1.807, 2.05) is 31.2 Å². The van der Waals surface area contributed by atoms with Gasteiger partial charge in [0.15, 0.2) is 11.6 Å². The highest BCUT2D eigenvalue weighted by molar-refractivity contribution is 5.96. The van der Waals surface area contributed by atoms with Crippen molar-refractivity contribution in [2.24, 2.45) is 0 Å². The molecule has 3 rings (SSSR count). The number of hydrogen-bond acceptors (Lipinski definition) is 2. The molecule has 7 heteroatoms. The highest BCUT2D eigenvalue weighted by Gasteiger charge is 2.31. The van der Waals surface area contributed by atoms with E-state index in [0.29, 0.717) is 19.6 Å². The minimum absolute atomic E-state index is 0.0785. The van der Waals surface area contributed by atoms with Crippen molar-refractivity contribution in [1.29, 1.82) is 0 Å². The summed E-state index contributed by atoms with van der Waals surface area (Å²) < 4.78 is 26.4. The van der Waals surface area contributed by atoms with Gasteiger partial charge in [-0.1, -0.05) is 29.8 Å². The lowest BCUT2D eigenvalue weighted by atomic mass is 10.1. The Morgan fingerprint density at radius 2 is 1.81 bits per heavy atom. The molecule has 26 heavy (non-hydrogen) atoms. The molecule has 0 bridgehead atoms. The molecule has 1 fully saturated rings. The zero-order chi connectivity index (χ0) is 18.7. The summed E-state index contributed by atoms with van der Waals surface area (Å²) in [5.41, 5.74) is 2.39. The van der Waals surface area contributed by atoms with Crippen molar-refractivity contribution < 1.29 is 18.4 Å². The summed E-state index contributed by atoms with van der Waals surface area (Å²) in [6.07, 6.45) is 0. The molecule has 1 aliphatic rings. The molecule has 5 nitrogen and oxygen atoms in total. The number of halogens is 2.